The van der Waals surface area contributed by atoms with Crippen molar-refractivity contribution in [1.29, 1.82) is 0 Å². The first kappa shape index (κ1) is 21.6. The molecule has 3 aromatic rings. The molecule has 2 aromatic carbocycles. The van der Waals surface area contributed by atoms with E-state index in [9.17, 15) is 14.7 Å². The van der Waals surface area contributed by atoms with E-state index in [1.807, 2.05) is 52.5 Å². The molecule has 0 bridgehead atoms. The molecule has 0 spiro atoms. The second-order valence-corrected chi connectivity index (χ2v) is 7.83. The highest BCUT2D eigenvalue weighted by Gasteiger charge is 2.19. The number of carbonyl (C=O) groups is 1. The van der Waals surface area contributed by atoms with Gasteiger partial charge in [-0.25, -0.2) is 9.59 Å². The van der Waals surface area contributed by atoms with Gasteiger partial charge in [0.05, 0.1) is 12.1 Å². The number of aromatic nitrogens is 2. The summed E-state index contributed by atoms with van der Waals surface area (Å²) in [5.41, 5.74) is 5.06. The number of carboxylic acids is 1. The second kappa shape index (κ2) is 9.16. The maximum atomic E-state index is 13.2. The zero-order valence-corrected chi connectivity index (χ0v) is 18.2. The molecule has 0 radical (unpaired) electrons. The van der Waals surface area contributed by atoms with E-state index in [4.69, 9.17) is 0 Å². The Morgan fingerprint density at radius 2 is 1.73 bits per heavy atom. The number of aromatic carboxylic acids is 1. The Morgan fingerprint density at radius 3 is 2.33 bits per heavy atom. The van der Waals surface area contributed by atoms with Gasteiger partial charge in [0.15, 0.2) is 0 Å². The highest BCUT2D eigenvalue weighted by Crippen LogP contribution is 2.25. The predicted molar refractivity (Wildman–Crippen MR) is 120 cm³/mol. The summed E-state index contributed by atoms with van der Waals surface area (Å²) in [4.78, 5) is 24.7. The summed E-state index contributed by atoms with van der Waals surface area (Å²) in [5, 5.41) is 9.44. The Bertz CT molecular complexity index is 1090. The molecule has 30 heavy (non-hydrogen) atoms. The molecule has 1 N–H and O–H groups in total. The summed E-state index contributed by atoms with van der Waals surface area (Å²) < 4.78 is 3.81. The minimum absolute atomic E-state index is 0.0469. The summed E-state index contributed by atoms with van der Waals surface area (Å²) in [6.45, 7) is 8.87. The van der Waals surface area contributed by atoms with Crippen LogP contribution in [-0.4, -0.2) is 20.2 Å². The van der Waals surface area contributed by atoms with Crippen molar-refractivity contribution in [1.82, 2.24) is 9.13 Å². The number of hydrogen-bond acceptors (Lipinski definition) is 2. The van der Waals surface area contributed by atoms with Gasteiger partial charge in [-0.2, -0.15) is 0 Å². The van der Waals surface area contributed by atoms with Crippen LogP contribution in [0, 0.1) is 6.92 Å². The van der Waals surface area contributed by atoms with Crippen LogP contribution in [0.3, 0.4) is 0 Å². The standard InChI is InChI=1S/C25H30N2O3/c1-5-9-23-18(4)27(17(3)6-2)25(30)26(23)16-19-12-14-20(15-13-19)21-10-7-8-11-22(21)24(28)29/h7-8,10-15,17H,5-6,9,16H2,1-4H3,(H,28,29). The van der Waals surface area contributed by atoms with Crippen molar-refractivity contribution in [2.45, 2.75) is 59.5 Å². The van der Waals surface area contributed by atoms with Crippen LogP contribution in [-0.2, 0) is 13.0 Å². The van der Waals surface area contributed by atoms with E-state index in [1.54, 1.807) is 12.1 Å². The maximum absolute atomic E-state index is 13.2. The fourth-order valence-corrected chi connectivity index (χ4v) is 4.03. The summed E-state index contributed by atoms with van der Waals surface area (Å²) in [7, 11) is 0. The monoisotopic (exact) mass is 406 g/mol. The van der Waals surface area contributed by atoms with Gasteiger partial charge in [-0.3, -0.25) is 9.13 Å². The summed E-state index contributed by atoms with van der Waals surface area (Å²) in [5.74, 6) is -0.938. The third-order valence-electron chi connectivity index (χ3n) is 5.82. The number of hydrogen-bond donors (Lipinski definition) is 1. The van der Waals surface area contributed by atoms with Gasteiger partial charge in [0.2, 0.25) is 0 Å². The van der Waals surface area contributed by atoms with Crippen LogP contribution in [0.1, 0.15) is 67.0 Å². The van der Waals surface area contributed by atoms with Crippen molar-refractivity contribution >= 4 is 5.97 Å². The van der Waals surface area contributed by atoms with E-state index in [0.29, 0.717) is 12.1 Å². The Balaban J connectivity index is 1.97. The minimum atomic E-state index is -0.938. The molecule has 5 nitrogen and oxygen atoms in total. The number of nitrogens with zero attached hydrogens (tertiary/aromatic N) is 2. The number of rotatable bonds is 8. The van der Waals surface area contributed by atoms with Crippen molar-refractivity contribution in [2.75, 3.05) is 0 Å². The van der Waals surface area contributed by atoms with Crippen LogP contribution in [0.15, 0.2) is 53.3 Å². The highest BCUT2D eigenvalue weighted by molar-refractivity contribution is 5.95. The van der Waals surface area contributed by atoms with Crippen molar-refractivity contribution in [3.63, 3.8) is 0 Å². The zero-order valence-electron chi connectivity index (χ0n) is 18.2. The van der Waals surface area contributed by atoms with E-state index in [2.05, 4.69) is 20.8 Å². The van der Waals surface area contributed by atoms with Crippen LogP contribution in [0.2, 0.25) is 0 Å². The number of imidazole rings is 1. The Kier molecular flexibility index (Phi) is 6.60. The molecule has 1 atom stereocenters. The summed E-state index contributed by atoms with van der Waals surface area (Å²) >= 11 is 0. The molecule has 3 rings (SSSR count). The van der Waals surface area contributed by atoms with Gasteiger partial charge in [-0.15, -0.1) is 0 Å². The molecule has 0 fully saturated rings. The van der Waals surface area contributed by atoms with Crippen LogP contribution >= 0.6 is 0 Å². The molecule has 0 aliphatic heterocycles. The van der Waals surface area contributed by atoms with Crippen molar-refractivity contribution < 1.29 is 9.90 Å². The van der Waals surface area contributed by atoms with Gasteiger partial charge in [0.25, 0.3) is 0 Å². The van der Waals surface area contributed by atoms with Crippen molar-refractivity contribution in [3.8, 4) is 11.1 Å². The molecule has 0 amide bonds. The first-order valence-corrected chi connectivity index (χ1v) is 10.6. The lowest BCUT2D eigenvalue weighted by molar-refractivity contribution is 0.0697. The third-order valence-corrected chi connectivity index (χ3v) is 5.82. The van der Waals surface area contributed by atoms with Crippen molar-refractivity contribution in [2.24, 2.45) is 0 Å². The topological polar surface area (TPSA) is 64.2 Å². The Hall–Kier alpha value is -3.08. The van der Waals surface area contributed by atoms with Crippen LogP contribution in [0.5, 0.6) is 0 Å². The van der Waals surface area contributed by atoms with E-state index >= 15 is 0 Å². The molecule has 5 heteroatoms. The smallest absolute Gasteiger partial charge is 0.336 e. The molecular weight excluding hydrogens is 376 g/mol. The molecule has 1 heterocycles. The first-order chi connectivity index (χ1) is 14.4. The normalized spacial score (nSPS) is 12.1. The average molecular weight is 407 g/mol. The van der Waals surface area contributed by atoms with Gasteiger partial charge in [-0.05, 0) is 49.4 Å². The highest BCUT2D eigenvalue weighted by atomic mass is 16.4. The third kappa shape index (κ3) is 4.11. The summed E-state index contributed by atoms with van der Waals surface area (Å²) in [6, 6.07) is 15.0. The largest absolute Gasteiger partial charge is 0.478 e. The fourth-order valence-electron chi connectivity index (χ4n) is 4.03. The quantitative estimate of drug-likeness (QED) is 0.552. The molecule has 1 unspecified atom stereocenters. The van der Waals surface area contributed by atoms with E-state index in [-0.39, 0.29) is 17.3 Å². The lowest BCUT2D eigenvalue weighted by atomic mass is 9.99. The van der Waals surface area contributed by atoms with Gasteiger partial charge < -0.3 is 5.11 Å². The lowest BCUT2D eigenvalue weighted by Crippen LogP contribution is -2.27. The Labute approximate surface area is 177 Å². The summed E-state index contributed by atoms with van der Waals surface area (Å²) in [6.07, 6.45) is 2.76. The van der Waals surface area contributed by atoms with Crippen LogP contribution in [0.25, 0.3) is 11.1 Å². The van der Waals surface area contributed by atoms with Gasteiger partial charge in [0.1, 0.15) is 0 Å². The molecule has 0 saturated heterocycles. The van der Waals surface area contributed by atoms with Gasteiger partial charge in [-0.1, -0.05) is 62.7 Å². The van der Waals surface area contributed by atoms with Crippen LogP contribution < -0.4 is 5.69 Å². The second-order valence-electron chi connectivity index (χ2n) is 7.83. The lowest BCUT2D eigenvalue weighted by Gasteiger charge is -2.11. The molecule has 158 valence electrons. The minimum Gasteiger partial charge on any atom is -0.478 e. The molecule has 0 aliphatic carbocycles. The number of benzene rings is 2. The van der Waals surface area contributed by atoms with Crippen LogP contribution in [0.4, 0.5) is 0 Å². The average Bonchev–Trinajstić information content (AvgIpc) is 2.98. The van der Waals surface area contributed by atoms with E-state index < -0.39 is 5.97 Å². The Morgan fingerprint density at radius 1 is 1.07 bits per heavy atom. The fraction of sp³-hybridized carbons (Fsp3) is 0.360. The molecule has 1 aromatic heterocycles. The maximum Gasteiger partial charge on any atom is 0.336 e. The van der Waals surface area contributed by atoms with E-state index in [1.165, 1.54) is 0 Å². The van der Waals surface area contributed by atoms with Gasteiger partial charge in [0, 0.05) is 17.4 Å². The first-order valence-electron chi connectivity index (χ1n) is 10.6. The SMILES string of the molecule is CCCc1c(C)n(C(C)CC)c(=O)n1Cc1ccc(-c2ccccc2C(=O)O)cc1. The van der Waals surface area contributed by atoms with Gasteiger partial charge >= 0.3 is 11.7 Å². The van der Waals surface area contributed by atoms with Crippen molar-refractivity contribution in [3.05, 3.63) is 81.5 Å². The number of carboxylic acid groups (broad SMARTS) is 1. The molecular formula is C25H30N2O3. The predicted octanol–water partition coefficient (Wildman–Crippen LogP) is 5.30. The molecule has 0 aliphatic rings. The zero-order chi connectivity index (χ0) is 21.8. The van der Waals surface area contributed by atoms with E-state index in [0.717, 1.165) is 41.8 Å². The molecule has 0 saturated carbocycles.